The second kappa shape index (κ2) is 16.6. The van der Waals surface area contributed by atoms with E-state index in [0.29, 0.717) is 0 Å². The van der Waals surface area contributed by atoms with Gasteiger partial charge in [-0.3, -0.25) is 0 Å². The summed E-state index contributed by atoms with van der Waals surface area (Å²) >= 11 is 0. The maximum Gasteiger partial charge on any atom is 0.0314 e. The standard InChI is InChI=1S/C33H57N/c1-2-3-4-5-6-7-8-9-10-11-12-13-14-15-28-16-18-29(19-17-28)30-20-22-31(23-21-30)32-24-26-33(34)27-25-32/h24-31H,2-23,34H2,1H3. The van der Waals surface area contributed by atoms with Crippen LogP contribution in [0.5, 0.6) is 0 Å². The van der Waals surface area contributed by atoms with Crippen LogP contribution in [0.25, 0.3) is 0 Å². The van der Waals surface area contributed by atoms with Crippen molar-refractivity contribution in [3.63, 3.8) is 0 Å². The summed E-state index contributed by atoms with van der Waals surface area (Å²) in [7, 11) is 0. The van der Waals surface area contributed by atoms with Crippen molar-refractivity contribution in [3.8, 4) is 0 Å². The van der Waals surface area contributed by atoms with E-state index in [1.807, 2.05) is 0 Å². The third kappa shape index (κ3) is 10.3. The zero-order chi connectivity index (χ0) is 23.8. The zero-order valence-corrected chi connectivity index (χ0v) is 22.8. The molecule has 1 aromatic carbocycles. The number of benzene rings is 1. The first-order valence-corrected chi connectivity index (χ1v) is 15.6. The van der Waals surface area contributed by atoms with Gasteiger partial charge in [0.1, 0.15) is 0 Å². The van der Waals surface area contributed by atoms with Crippen molar-refractivity contribution in [2.24, 2.45) is 17.8 Å². The summed E-state index contributed by atoms with van der Waals surface area (Å²) in [6, 6.07) is 8.70. The molecule has 2 aliphatic rings. The molecular weight excluding hydrogens is 410 g/mol. The van der Waals surface area contributed by atoms with Gasteiger partial charge in [-0.05, 0) is 79.9 Å². The van der Waals surface area contributed by atoms with Crippen LogP contribution >= 0.6 is 0 Å². The van der Waals surface area contributed by atoms with E-state index in [0.717, 1.165) is 29.4 Å². The molecule has 34 heavy (non-hydrogen) atoms. The van der Waals surface area contributed by atoms with Crippen LogP contribution in [-0.4, -0.2) is 0 Å². The van der Waals surface area contributed by atoms with Gasteiger partial charge in [0.25, 0.3) is 0 Å². The van der Waals surface area contributed by atoms with Crippen LogP contribution in [0.2, 0.25) is 0 Å². The Balaban J connectivity index is 1.14. The van der Waals surface area contributed by atoms with Gasteiger partial charge in [0.05, 0.1) is 0 Å². The van der Waals surface area contributed by atoms with Gasteiger partial charge in [-0.1, -0.05) is 122 Å². The molecule has 0 aromatic heterocycles. The van der Waals surface area contributed by atoms with E-state index in [1.54, 1.807) is 0 Å². The lowest BCUT2D eigenvalue weighted by atomic mass is 9.68. The van der Waals surface area contributed by atoms with Crippen molar-refractivity contribution in [1.82, 2.24) is 0 Å². The van der Waals surface area contributed by atoms with E-state index >= 15 is 0 Å². The van der Waals surface area contributed by atoms with Crippen LogP contribution in [0.15, 0.2) is 24.3 Å². The van der Waals surface area contributed by atoms with Crippen LogP contribution in [-0.2, 0) is 0 Å². The number of nitrogens with two attached hydrogens (primary N) is 1. The first-order valence-electron chi connectivity index (χ1n) is 15.6. The molecule has 2 N–H and O–H groups in total. The Morgan fingerprint density at radius 1 is 0.559 bits per heavy atom. The first-order chi connectivity index (χ1) is 16.8. The van der Waals surface area contributed by atoms with Crippen molar-refractivity contribution >= 4 is 5.69 Å². The Morgan fingerprint density at radius 3 is 1.50 bits per heavy atom. The fourth-order valence-corrected chi connectivity index (χ4v) is 7.09. The van der Waals surface area contributed by atoms with Crippen LogP contribution in [0.3, 0.4) is 0 Å². The fourth-order valence-electron chi connectivity index (χ4n) is 7.09. The number of unbranched alkanes of at least 4 members (excludes halogenated alkanes) is 12. The second-order valence-corrected chi connectivity index (χ2v) is 12.1. The SMILES string of the molecule is CCCCCCCCCCCCCCCC1CCC(C2CCC(c3ccc(N)cc3)CC2)CC1. The molecule has 2 fully saturated rings. The molecule has 1 aromatic rings. The highest BCUT2D eigenvalue weighted by Gasteiger charge is 2.31. The third-order valence-corrected chi connectivity index (χ3v) is 9.45. The van der Waals surface area contributed by atoms with Crippen molar-refractivity contribution in [2.75, 3.05) is 5.73 Å². The quantitative estimate of drug-likeness (QED) is 0.190. The topological polar surface area (TPSA) is 26.0 Å². The maximum atomic E-state index is 5.87. The van der Waals surface area contributed by atoms with Crippen molar-refractivity contribution in [3.05, 3.63) is 29.8 Å². The molecule has 2 aliphatic carbocycles. The highest BCUT2D eigenvalue weighted by Crippen LogP contribution is 2.44. The number of hydrogen-bond acceptors (Lipinski definition) is 1. The summed E-state index contributed by atoms with van der Waals surface area (Å²) < 4.78 is 0. The van der Waals surface area contributed by atoms with Gasteiger partial charge in [0.2, 0.25) is 0 Å². The molecule has 0 saturated heterocycles. The molecule has 0 amide bonds. The van der Waals surface area contributed by atoms with Gasteiger partial charge < -0.3 is 5.73 Å². The molecule has 1 nitrogen and oxygen atoms in total. The molecule has 2 saturated carbocycles. The number of hydrogen-bond donors (Lipinski definition) is 1. The average molecular weight is 468 g/mol. The predicted octanol–water partition coefficient (Wildman–Crippen LogP) is 10.8. The van der Waals surface area contributed by atoms with E-state index in [-0.39, 0.29) is 0 Å². The van der Waals surface area contributed by atoms with Gasteiger partial charge in [0, 0.05) is 5.69 Å². The molecule has 0 spiro atoms. The zero-order valence-electron chi connectivity index (χ0n) is 22.8. The van der Waals surface area contributed by atoms with Crippen molar-refractivity contribution in [1.29, 1.82) is 0 Å². The van der Waals surface area contributed by atoms with Crippen molar-refractivity contribution in [2.45, 2.75) is 154 Å². The summed E-state index contributed by atoms with van der Waals surface area (Å²) in [6.45, 7) is 2.31. The fraction of sp³-hybridized carbons (Fsp3) is 0.818. The molecule has 3 rings (SSSR count). The lowest BCUT2D eigenvalue weighted by Crippen LogP contribution is -2.25. The summed E-state index contributed by atoms with van der Waals surface area (Å²) in [5.74, 6) is 3.89. The van der Waals surface area contributed by atoms with Crippen molar-refractivity contribution < 1.29 is 0 Å². The van der Waals surface area contributed by atoms with Crippen LogP contribution in [0.1, 0.15) is 160 Å². The number of rotatable bonds is 16. The minimum Gasteiger partial charge on any atom is -0.399 e. The molecular formula is C33H57N. The van der Waals surface area contributed by atoms with Crippen LogP contribution < -0.4 is 5.73 Å². The largest absolute Gasteiger partial charge is 0.399 e. The Labute approximate surface area is 213 Å². The molecule has 0 heterocycles. The minimum atomic E-state index is 0.781. The van der Waals surface area contributed by atoms with E-state index in [2.05, 4.69) is 31.2 Å². The van der Waals surface area contributed by atoms with E-state index < -0.39 is 0 Å². The molecule has 1 heteroatoms. The highest BCUT2D eigenvalue weighted by atomic mass is 14.5. The Bertz CT molecular complexity index is 604. The smallest absolute Gasteiger partial charge is 0.0314 e. The second-order valence-electron chi connectivity index (χ2n) is 12.1. The van der Waals surface area contributed by atoms with Gasteiger partial charge >= 0.3 is 0 Å². The summed E-state index contributed by atoms with van der Waals surface area (Å²) in [6.07, 6.45) is 32.5. The highest BCUT2D eigenvalue weighted by molar-refractivity contribution is 5.40. The first kappa shape index (κ1) is 27.6. The van der Waals surface area contributed by atoms with E-state index in [9.17, 15) is 0 Å². The van der Waals surface area contributed by atoms with Crippen LogP contribution in [0.4, 0.5) is 5.69 Å². The van der Waals surface area contributed by atoms with Gasteiger partial charge in [-0.25, -0.2) is 0 Å². The average Bonchev–Trinajstić information content (AvgIpc) is 2.88. The molecule has 0 atom stereocenters. The minimum absolute atomic E-state index is 0.781. The van der Waals surface area contributed by atoms with Gasteiger partial charge in [-0.2, -0.15) is 0 Å². The monoisotopic (exact) mass is 467 g/mol. The molecule has 194 valence electrons. The van der Waals surface area contributed by atoms with Gasteiger partial charge in [0.15, 0.2) is 0 Å². The summed E-state index contributed by atoms with van der Waals surface area (Å²) in [5.41, 5.74) is 8.29. The van der Waals surface area contributed by atoms with E-state index in [1.165, 1.54) is 147 Å². The maximum absolute atomic E-state index is 5.87. The molecule has 0 radical (unpaired) electrons. The van der Waals surface area contributed by atoms with Gasteiger partial charge in [-0.15, -0.1) is 0 Å². The predicted molar refractivity (Wildman–Crippen MR) is 151 cm³/mol. The number of nitrogen functional groups attached to an aromatic ring is 1. The van der Waals surface area contributed by atoms with E-state index in [4.69, 9.17) is 5.73 Å². The summed E-state index contributed by atoms with van der Waals surface area (Å²) in [4.78, 5) is 0. The molecule has 0 bridgehead atoms. The molecule has 0 aliphatic heterocycles. The molecule has 0 unspecified atom stereocenters. The third-order valence-electron chi connectivity index (χ3n) is 9.45. The lowest BCUT2D eigenvalue weighted by molar-refractivity contribution is 0.155. The number of anilines is 1. The Morgan fingerprint density at radius 2 is 1.00 bits per heavy atom. The van der Waals surface area contributed by atoms with Crippen LogP contribution in [0, 0.1) is 17.8 Å². The normalized spacial score (nSPS) is 25.4. The lowest BCUT2D eigenvalue weighted by Gasteiger charge is -2.38. The Kier molecular flexibility index (Phi) is 13.5. The Hall–Kier alpha value is -0.980. The summed E-state index contributed by atoms with van der Waals surface area (Å²) in [5, 5.41) is 0.